The lowest BCUT2D eigenvalue weighted by Crippen LogP contribution is -2.18. The summed E-state index contributed by atoms with van der Waals surface area (Å²) in [5, 5.41) is 6.39. The average Bonchev–Trinajstić information content (AvgIpc) is 2.69. The number of amides is 1. The first kappa shape index (κ1) is 22.2. The summed E-state index contributed by atoms with van der Waals surface area (Å²) in [4.78, 5) is 13.2. The van der Waals surface area contributed by atoms with Crippen molar-refractivity contribution in [3.63, 3.8) is 0 Å². The molecule has 0 radical (unpaired) electrons. The third kappa shape index (κ3) is 6.79. The largest absolute Gasteiger partial charge is 0.493 e. The topological polar surface area (TPSA) is 106 Å². The molecule has 2 aromatic rings. The zero-order valence-electron chi connectivity index (χ0n) is 16.6. The first-order valence-corrected chi connectivity index (χ1v) is 10.6. The van der Waals surface area contributed by atoms with Gasteiger partial charge in [-0.3, -0.25) is 4.79 Å². The number of unbranched alkanes of at least 4 members (excludes halogenated alkanes) is 1. The van der Waals surface area contributed by atoms with Crippen molar-refractivity contribution >= 4 is 27.8 Å². The van der Waals surface area contributed by atoms with Gasteiger partial charge < -0.3 is 14.8 Å². The summed E-state index contributed by atoms with van der Waals surface area (Å²) in [5.41, 5.74) is 1.15. The minimum atomic E-state index is -3.83. The van der Waals surface area contributed by atoms with Crippen LogP contribution in [0, 0.1) is 0 Å². The van der Waals surface area contributed by atoms with Crippen LogP contribution in [0.4, 0.5) is 5.69 Å². The molecule has 0 saturated heterocycles. The van der Waals surface area contributed by atoms with Gasteiger partial charge in [-0.15, -0.1) is 0 Å². The monoisotopic (exact) mass is 419 g/mol. The third-order valence-corrected chi connectivity index (χ3v) is 5.05. The van der Waals surface area contributed by atoms with Gasteiger partial charge in [-0.2, -0.15) is 13.5 Å². The molecule has 9 heteroatoms. The molecule has 0 bridgehead atoms. The van der Waals surface area contributed by atoms with Crippen LogP contribution >= 0.6 is 0 Å². The predicted octanol–water partition coefficient (Wildman–Crippen LogP) is 3.14. The maximum absolute atomic E-state index is 12.3. The molecule has 1 amide bonds. The summed E-state index contributed by atoms with van der Waals surface area (Å²) in [6.45, 7) is 4.05. The molecule has 0 aliphatic rings. The minimum Gasteiger partial charge on any atom is -0.493 e. The maximum Gasteiger partial charge on any atom is 0.276 e. The van der Waals surface area contributed by atoms with Crippen LogP contribution in [0.1, 0.15) is 32.3 Å². The summed E-state index contributed by atoms with van der Waals surface area (Å²) in [6, 6.07) is 11.0. The van der Waals surface area contributed by atoms with Crippen molar-refractivity contribution in [1.29, 1.82) is 0 Å². The van der Waals surface area contributed by atoms with E-state index in [-0.39, 0.29) is 10.8 Å². The molecule has 0 unspecified atom stereocenters. The highest BCUT2D eigenvalue weighted by molar-refractivity contribution is 7.89. The van der Waals surface area contributed by atoms with Crippen LogP contribution in [0.25, 0.3) is 0 Å². The summed E-state index contributed by atoms with van der Waals surface area (Å²) in [7, 11) is -2.29. The molecule has 0 aliphatic carbocycles. The minimum absolute atomic E-state index is 0.0287. The highest BCUT2D eigenvalue weighted by Gasteiger charge is 2.12. The van der Waals surface area contributed by atoms with E-state index in [2.05, 4.69) is 22.2 Å². The van der Waals surface area contributed by atoms with E-state index < -0.39 is 10.0 Å². The highest BCUT2D eigenvalue weighted by atomic mass is 32.2. The van der Waals surface area contributed by atoms with Gasteiger partial charge >= 0.3 is 0 Å². The number of hydrogen-bond acceptors (Lipinski definition) is 6. The molecule has 8 nitrogen and oxygen atoms in total. The molecule has 0 aromatic heterocycles. The number of nitrogens with one attached hydrogen (secondary N) is 2. The number of carbonyl (C=O) groups excluding carboxylic acids is 1. The lowest BCUT2D eigenvalue weighted by Gasteiger charge is -2.10. The van der Waals surface area contributed by atoms with Crippen LogP contribution in [0.2, 0.25) is 0 Å². The Morgan fingerprint density at radius 3 is 2.48 bits per heavy atom. The second kappa shape index (κ2) is 10.5. The molecule has 0 aliphatic heterocycles. The van der Waals surface area contributed by atoms with Crippen LogP contribution in [-0.4, -0.2) is 34.3 Å². The lowest BCUT2D eigenvalue weighted by molar-refractivity contribution is -0.114. The number of anilines is 1. The van der Waals surface area contributed by atoms with E-state index in [1.807, 2.05) is 0 Å². The molecule has 0 heterocycles. The molecule has 0 spiro atoms. The van der Waals surface area contributed by atoms with E-state index in [1.54, 1.807) is 18.2 Å². The molecule has 156 valence electrons. The van der Waals surface area contributed by atoms with Gasteiger partial charge in [0.15, 0.2) is 11.5 Å². The van der Waals surface area contributed by atoms with Crippen LogP contribution in [0.3, 0.4) is 0 Å². The molecular formula is C20H25N3O5S. The number of nitrogens with zero attached hydrogens (tertiary/aromatic N) is 1. The zero-order chi connectivity index (χ0) is 21.3. The Kier molecular flexibility index (Phi) is 8.02. The quantitative estimate of drug-likeness (QED) is 0.350. The molecule has 0 saturated carbocycles. The van der Waals surface area contributed by atoms with E-state index in [9.17, 15) is 13.2 Å². The summed E-state index contributed by atoms with van der Waals surface area (Å²) < 4.78 is 35.6. The number of carbonyl (C=O) groups is 1. The van der Waals surface area contributed by atoms with Crippen molar-refractivity contribution in [3.05, 3.63) is 48.0 Å². The summed E-state index contributed by atoms with van der Waals surface area (Å²) in [6.07, 6.45) is 3.35. The highest BCUT2D eigenvalue weighted by Crippen LogP contribution is 2.27. The fourth-order valence-corrected chi connectivity index (χ4v) is 3.15. The second-order valence-electron chi connectivity index (χ2n) is 6.17. The van der Waals surface area contributed by atoms with Crippen molar-refractivity contribution < 1.29 is 22.7 Å². The molecule has 2 N–H and O–H groups in total. The van der Waals surface area contributed by atoms with E-state index in [0.717, 1.165) is 12.8 Å². The van der Waals surface area contributed by atoms with Gasteiger partial charge in [0.1, 0.15) is 0 Å². The number of rotatable bonds is 10. The second-order valence-corrected chi connectivity index (χ2v) is 7.83. The van der Waals surface area contributed by atoms with E-state index in [1.165, 1.54) is 44.5 Å². The van der Waals surface area contributed by atoms with Crippen molar-refractivity contribution in [1.82, 2.24) is 4.83 Å². The van der Waals surface area contributed by atoms with Crippen molar-refractivity contribution in [2.45, 2.75) is 31.6 Å². The van der Waals surface area contributed by atoms with Gasteiger partial charge in [-0.05, 0) is 54.4 Å². The Labute approximate surface area is 171 Å². The Morgan fingerprint density at radius 1 is 1.14 bits per heavy atom. The van der Waals surface area contributed by atoms with Crippen molar-refractivity contribution in [2.75, 3.05) is 19.0 Å². The van der Waals surface area contributed by atoms with Gasteiger partial charge in [-0.1, -0.05) is 13.3 Å². The SMILES string of the molecule is CCCCOc1ccc(/C=N\NS(=O)(=O)c2ccc(NC(C)=O)cc2)cc1OC. The summed E-state index contributed by atoms with van der Waals surface area (Å²) in [5.74, 6) is 0.931. The van der Waals surface area contributed by atoms with Crippen molar-refractivity contribution in [3.8, 4) is 11.5 Å². The summed E-state index contributed by atoms with van der Waals surface area (Å²) >= 11 is 0. The first-order chi connectivity index (χ1) is 13.9. The van der Waals surface area contributed by atoms with E-state index in [0.29, 0.717) is 29.4 Å². The predicted molar refractivity (Wildman–Crippen MR) is 112 cm³/mol. The van der Waals surface area contributed by atoms with Gasteiger partial charge in [-0.25, -0.2) is 4.83 Å². The molecule has 0 atom stereocenters. The number of hydrazone groups is 1. The fourth-order valence-electron chi connectivity index (χ4n) is 2.35. The third-order valence-electron chi connectivity index (χ3n) is 3.81. The zero-order valence-corrected chi connectivity index (χ0v) is 17.5. The van der Waals surface area contributed by atoms with Crippen molar-refractivity contribution in [2.24, 2.45) is 5.10 Å². The van der Waals surface area contributed by atoms with Crippen LogP contribution in [0.5, 0.6) is 11.5 Å². The number of ether oxygens (including phenoxy) is 2. The molecule has 2 rings (SSSR count). The Balaban J connectivity index is 2.04. The number of methoxy groups -OCH3 is 1. The Hall–Kier alpha value is -3.07. The van der Waals surface area contributed by atoms with Crippen LogP contribution in [-0.2, 0) is 14.8 Å². The first-order valence-electron chi connectivity index (χ1n) is 9.09. The number of hydrogen-bond donors (Lipinski definition) is 2. The van der Waals surface area contributed by atoms with Gasteiger partial charge in [0.05, 0.1) is 24.8 Å². The normalized spacial score (nSPS) is 11.3. The van der Waals surface area contributed by atoms with E-state index >= 15 is 0 Å². The van der Waals surface area contributed by atoms with E-state index in [4.69, 9.17) is 9.47 Å². The molecular weight excluding hydrogens is 394 g/mol. The molecule has 0 fully saturated rings. The molecule has 29 heavy (non-hydrogen) atoms. The fraction of sp³-hybridized carbons (Fsp3) is 0.300. The van der Waals surface area contributed by atoms with Crippen LogP contribution < -0.4 is 19.6 Å². The van der Waals surface area contributed by atoms with Gasteiger partial charge in [0, 0.05) is 12.6 Å². The lowest BCUT2D eigenvalue weighted by atomic mass is 10.2. The van der Waals surface area contributed by atoms with Gasteiger partial charge in [0.2, 0.25) is 5.91 Å². The Bertz CT molecular complexity index is 957. The number of benzene rings is 2. The average molecular weight is 420 g/mol. The molecule has 2 aromatic carbocycles. The Morgan fingerprint density at radius 2 is 1.86 bits per heavy atom. The van der Waals surface area contributed by atoms with Crippen LogP contribution in [0.15, 0.2) is 52.5 Å². The standard InChI is InChI=1S/C20H25N3O5S/c1-4-5-12-28-19-11-6-16(13-20(19)27-3)14-21-23-29(25,26)18-9-7-17(8-10-18)22-15(2)24/h6-11,13-14,23H,4-5,12H2,1-3H3,(H,22,24)/b21-14-. The maximum atomic E-state index is 12.3. The van der Waals surface area contributed by atoms with Gasteiger partial charge in [0.25, 0.3) is 10.0 Å². The number of sulfonamides is 1. The smallest absolute Gasteiger partial charge is 0.276 e.